The van der Waals surface area contributed by atoms with Crippen molar-refractivity contribution in [1.29, 1.82) is 0 Å². The Kier molecular flexibility index (Phi) is 11.5. The maximum Gasteiger partial charge on any atom is 0.410 e. The molecule has 1 aliphatic heterocycles. The van der Waals surface area contributed by atoms with Crippen molar-refractivity contribution in [3.8, 4) is 5.75 Å². The largest absolute Gasteiger partial charge is 0.488 e. The molecular weight excluding hydrogens is 576 g/mol. The molecule has 240 valence electrons. The normalized spacial score (nSPS) is 13.9. The highest BCUT2D eigenvalue weighted by atomic mass is 19.2. The van der Waals surface area contributed by atoms with Crippen LogP contribution in [-0.2, 0) is 32.6 Å². The fraction of sp³-hybridized carbons (Fsp3) is 0.500. The molecule has 1 fully saturated rings. The van der Waals surface area contributed by atoms with Crippen LogP contribution in [0.25, 0.3) is 10.9 Å². The van der Waals surface area contributed by atoms with Gasteiger partial charge in [0.05, 0.1) is 45.2 Å². The minimum absolute atomic E-state index is 0.0744. The van der Waals surface area contributed by atoms with Crippen molar-refractivity contribution in [2.24, 2.45) is 7.05 Å². The lowest BCUT2D eigenvalue weighted by atomic mass is 10.2. The predicted octanol–water partition coefficient (Wildman–Crippen LogP) is 4.78. The molecule has 0 unspecified atom stereocenters. The number of rotatable bonds is 13. The fourth-order valence-electron chi connectivity index (χ4n) is 4.76. The van der Waals surface area contributed by atoms with E-state index in [0.717, 1.165) is 17.7 Å². The summed E-state index contributed by atoms with van der Waals surface area (Å²) in [6, 6.07) is 12.0. The van der Waals surface area contributed by atoms with Crippen molar-refractivity contribution in [2.45, 2.75) is 33.0 Å². The molecule has 2 amide bonds. The first-order valence-corrected chi connectivity index (χ1v) is 14.7. The Morgan fingerprint density at radius 2 is 1.36 bits per heavy atom. The summed E-state index contributed by atoms with van der Waals surface area (Å²) in [5.41, 5.74) is 0.951. The third-order valence-electron chi connectivity index (χ3n) is 6.95. The first-order valence-electron chi connectivity index (χ1n) is 14.7. The summed E-state index contributed by atoms with van der Waals surface area (Å²) < 4.78 is 58.0. The van der Waals surface area contributed by atoms with E-state index in [4.69, 9.17) is 23.7 Å². The van der Waals surface area contributed by atoms with Gasteiger partial charge in [-0.2, -0.15) is 0 Å². The van der Waals surface area contributed by atoms with Crippen molar-refractivity contribution in [2.75, 3.05) is 65.8 Å². The number of hydrogen-bond donors (Lipinski definition) is 0. The average Bonchev–Trinajstić information content (AvgIpc) is 3.25. The quantitative estimate of drug-likeness (QED) is 0.255. The molecule has 0 N–H and O–H groups in total. The van der Waals surface area contributed by atoms with E-state index in [1.165, 1.54) is 4.57 Å². The van der Waals surface area contributed by atoms with Gasteiger partial charge < -0.3 is 38.1 Å². The molecule has 1 aliphatic rings. The smallest absolute Gasteiger partial charge is 0.410 e. The molecule has 12 heteroatoms. The third-order valence-corrected chi connectivity index (χ3v) is 6.95. The Morgan fingerprint density at radius 3 is 2.00 bits per heavy atom. The van der Waals surface area contributed by atoms with Gasteiger partial charge in [-0.25, -0.2) is 13.6 Å². The predicted molar refractivity (Wildman–Crippen MR) is 160 cm³/mol. The first-order chi connectivity index (χ1) is 21.0. The average molecular weight is 618 g/mol. The van der Waals surface area contributed by atoms with Gasteiger partial charge in [-0.3, -0.25) is 4.79 Å². The van der Waals surface area contributed by atoms with Gasteiger partial charge in [0.1, 0.15) is 12.2 Å². The van der Waals surface area contributed by atoms with E-state index < -0.39 is 23.3 Å². The number of carbonyl (C=O) groups is 2. The van der Waals surface area contributed by atoms with Crippen LogP contribution in [0.1, 0.15) is 36.8 Å². The number of piperazine rings is 1. The highest BCUT2D eigenvalue weighted by Crippen LogP contribution is 2.35. The maximum atomic E-state index is 14.3. The molecule has 2 heterocycles. The van der Waals surface area contributed by atoms with Crippen LogP contribution in [0, 0.1) is 11.6 Å². The van der Waals surface area contributed by atoms with Gasteiger partial charge in [0, 0.05) is 44.7 Å². The summed E-state index contributed by atoms with van der Waals surface area (Å²) in [7, 11) is 1.61. The monoisotopic (exact) mass is 617 g/mol. The molecule has 44 heavy (non-hydrogen) atoms. The van der Waals surface area contributed by atoms with E-state index in [2.05, 4.69) is 0 Å². The van der Waals surface area contributed by atoms with Crippen LogP contribution in [0.4, 0.5) is 13.6 Å². The van der Waals surface area contributed by atoms with Crippen LogP contribution < -0.4 is 4.74 Å². The van der Waals surface area contributed by atoms with Gasteiger partial charge in [0.2, 0.25) is 0 Å². The number of amides is 2. The Morgan fingerprint density at radius 1 is 0.795 bits per heavy atom. The van der Waals surface area contributed by atoms with E-state index >= 15 is 0 Å². The standard InChI is InChI=1S/C32H41F2N3O7/c1-32(2,3)44-31(39)37-12-10-36(11-13-37)30(38)28-29(24-20-25(33)26(34)21-27(24)35(28)4)43-19-18-41-15-14-40-16-17-42-22-23-8-6-5-7-9-23/h5-9,20-21H,10-19,22H2,1-4H3. The van der Waals surface area contributed by atoms with Gasteiger partial charge in [0.25, 0.3) is 5.91 Å². The van der Waals surface area contributed by atoms with E-state index in [1.54, 1.807) is 37.6 Å². The van der Waals surface area contributed by atoms with Crippen molar-refractivity contribution >= 4 is 22.9 Å². The van der Waals surface area contributed by atoms with Crippen molar-refractivity contribution in [1.82, 2.24) is 14.4 Å². The lowest BCUT2D eigenvalue weighted by Gasteiger charge is -2.35. The molecule has 1 saturated heterocycles. The maximum absolute atomic E-state index is 14.3. The van der Waals surface area contributed by atoms with Crippen LogP contribution in [0.3, 0.4) is 0 Å². The SMILES string of the molecule is Cn1c(C(=O)N2CCN(C(=O)OC(C)(C)C)CC2)c(OCCOCCOCCOCc2ccccc2)c2cc(F)c(F)cc21. The number of aromatic nitrogens is 1. The van der Waals surface area contributed by atoms with Gasteiger partial charge in [-0.1, -0.05) is 30.3 Å². The lowest BCUT2D eigenvalue weighted by molar-refractivity contribution is 0.00591. The Balaban J connectivity index is 1.28. The molecule has 4 rings (SSSR count). The zero-order valence-corrected chi connectivity index (χ0v) is 25.8. The Bertz CT molecular complexity index is 1400. The number of ether oxygens (including phenoxy) is 5. The second-order valence-electron chi connectivity index (χ2n) is 11.4. The number of aryl methyl sites for hydroxylation is 1. The topological polar surface area (TPSA) is 91.7 Å². The Hall–Kier alpha value is -3.74. The van der Waals surface area contributed by atoms with Gasteiger partial charge in [-0.05, 0) is 32.4 Å². The van der Waals surface area contributed by atoms with E-state index in [1.807, 2.05) is 30.3 Å². The van der Waals surface area contributed by atoms with E-state index in [9.17, 15) is 18.4 Å². The minimum Gasteiger partial charge on any atom is -0.488 e. The van der Waals surface area contributed by atoms with E-state index in [0.29, 0.717) is 51.6 Å². The van der Waals surface area contributed by atoms with Gasteiger partial charge in [0.15, 0.2) is 23.1 Å². The van der Waals surface area contributed by atoms with Gasteiger partial charge >= 0.3 is 6.09 Å². The molecule has 3 aromatic rings. The molecule has 0 bridgehead atoms. The highest BCUT2D eigenvalue weighted by Gasteiger charge is 2.32. The summed E-state index contributed by atoms with van der Waals surface area (Å²) in [5.74, 6) is -2.29. The fourth-order valence-corrected chi connectivity index (χ4v) is 4.76. The number of nitrogens with zero attached hydrogens (tertiary/aromatic N) is 3. The Labute approximate surface area is 256 Å². The van der Waals surface area contributed by atoms with Crippen LogP contribution in [0.2, 0.25) is 0 Å². The molecule has 0 radical (unpaired) electrons. The molecule has 0 spiro atoms. The summed E-state index contributed by atoms with van der Waals surface area (Å²) in [4.78, 5) is 29.3. The number of halogens is 2. The number of carbonyl (C=O) groups excluding carboxylic acids is 2. The summed E-state index contributed by atoms with van der Waals surface area (Å²) in [5, 5.41) is 0.279. The zero-order valence-electron chi connectivity index (χ0n) is 25.8. The van der Waals surface area contributed by atoms with Crippen LogP contribution >= 0.6 is 0 Å². The molecule has 0 aliphatic carbocycles. The number of fused-ring (bicyclic) bond motifs is 1. The molecular formula is C32H41F2N3O7. The van der Waals surface area contributed by atoms with Crippen molar-refractivity contribution in [3.63, 3.8) is 0 Å². The zero-order chi connectivity index (χ0) is 31.7. The molecule has 0 atom stereocenters. The summed E-state index contributed by atoms with van der Waals surface area (Å²) in [6.07, 6.45) is -0.439. The number of hydrogen-bond acceptors (Lipinski definition) is 7. The molecule has 0 saturated carbocycles. The van der Waals surface area contributed by atoms with Crippen LogP contribution in [0.5, 0.6) is 5.75 Å². The summed E-state index contributed by atoms with van der Waals surface area (Å²) in [6.45, 7) is 8.87. The second-order valence-corrected chi connectivity index (χ2v) is 11.4. The summed E-state index contributed by atoms with van der Waals surface area (Å²) >= 11 is 0. The third kappa shape index (κ3) is 8.90. The van der Waals surface area contributed by atoms with E-state index in [-0.39, 0.29) is 49.0 Å². The highest BCUT2D eigenvalue weighted by molar-refractivity contribution is 6.04. The molecule has 2 aromatic carbocycles. The second kappa shape index (κ2) is 15.3. The number of benzene rings is 2. The minimum atomic E-state index is -1.04. The van der Waals surface area contributed by atoms with Crippen molar-refractivity contribution < 1.29 is 42.1 Å². The molecule has 1 aromatic heterocycles. The van der Waals surface area contributed by atoms with Crippen molar-refractivity contribution in [3.05, 3.63) is 65.4 Å². The first kappa shape index (κ1) is 33.2. The van der Waals surface area contributed by atoms with Crippen LogP contribution in [-0.4, -0.2) is 97.8 Å². The lowest BCUT2D eigenvalue weighted by Crippen LogP contribution is -2.51. The van der Waals surface area contributed by atoms with Crippen LogP contribution in [0.15, 0.2) is 42.5 Å². The molecule has 10 nitrogen and oxygen atoms in total. The van der Waals surface area contributed by atoms with Gasteiger partial charge in [-0.15, -0.1) is 0 Å².